The molecule has 1 saturated carbocycles. The fraction of sp³-hybridized carbons (Fsp3) is 0.786. The summed E-state index contributed by atoms with van der Waals surface area (Å²) in [6.45, 7) is 1.66. The quantitative estimate of drug-likeness (QED) is 0.640. The first kappa shape index (κ1) is 15.1. The average Bonchev–Trinajstić information content (AvgIpc) is 3.09. The molecular weight excluding hydrogens is 260 g/mol. The second-order valence-corrected chi connectivity index (χ2v) is 5.08. The van der Waals surface area contributed by atoms with Crippen molar-refractivity contribution in [1.82, 2.24) is 10.1 Å². The van der Waals surface area contributed by atoms with E-state index < -0.39 is 0 Å². The Bertz CT molecular complexity index is 413. The van der Waals surface area contributed by atoms with E-state index in [1.165, 1.54) is 0 Å². The molecule has 1 aromatic rings. The van der Waals surface area contributed by atoms with Crippen LogP contribution in [-0.2, 0) is 27.1 Å². The predicted molar refractivity (Wildman–Crippen MR) is 71.4 cm³/mol. The van der Waals surface area contributed by atoms with Crippen LogP contribution in [0.15, 0.2) is 4.52 Å². The van der Waals surface area contributed by atoms with Crippen LogP contribution >= 0.6 is 0 Å². The van der Waals surface area contributed by atoms with Crippen LogP contribution < -0.4 is 0 Å². The summed E-state index contributed by atoms with van der Waals surface area (Å²) in [6.07, 6.45) is 5.18. The van der Waals surface area contributed by atoms with Gasteiger partial charge in [0.25, 0.3) is 0 Å². The van der Waals surface area contributed by atoms with Crippen molar-refractivity contribution in [1.29, 1.82) is 0 Å². The minimum Gasteiger partial charge on any atom is -0.382 e. The number of carbonyl (C=O) groups is 1. The van der Waals surface area contributed by atoms with Gasteiger partial charge in [-0.05, 0) is 12.8 Å². The van der Waals surface area contributed by atoms with Gasteiger partial charge in [-0.25, -0.2) is 0 Å². The maximum atomic E-state index is 12.0. The second kappa shape index (κ2) is 8.11. The number of methoxy groups -OCH3 is 1. The zero-order valence-corrected chi connectivity index (χ0v) is 12.0. The first-order valence-electron chi connectivity index (χ1n) is 7.20. The molecule has 0 spiro atoms. The third kappa shape index (κ3) is 4.68. The minimum atomic E-state index is 0.197. The fourth-order valence-corrected chi connectivity index (χ4v) is 2.41. The third-order valence-electron chi connectivity index (χ3n) is 3.55. The second-order valence-electron chi connectivity index (χ2n) is 5.08. The Labute approximate surface area is 118 Å². The molecule has 0 bridgehead atoms. The number of aromatic nitrogens is 2. The molecule has 0 aliphatic heterocycles. The van der Waals surface area contributed by atoms with Gasteiger partial charge in [0.2, 0.25) is 5.89 Å². The highest BCUT2D eigenvalue weighted by atomic mass is 16.5. The monoisotopic (exact) mass is 282 g/mol. The lowest BCUT2D eigenvalue weighted by Crippen LogP contribution is -2.13. The van der Waals surface area contributed by atoms with Gasteiger partial charge >= 0.3 is 0 Å². The van der Waals surface area contributed by atoms with Crippen molar-refractivity contribution >= 4 is 5.78 Å². The van der Waals surface area contributed by atoms with E-state index in [-0.39, 0.29) is 18.1 Å². The Hall–Kier alpha value is -1.27. The number of carbonyl (C=O) groups excluding carboxylic acids is 1. The Morgan fingerprint density at radius 1 is 1.30 bits per heavy atom. The maximum absolute atomic E-state index is 12.0. The SMILES string of the molecule is COCCOCCc1noc(CC(=O)C2CCCC2)n1. The number of hydrogen-bond acceptors (Lipinski definition) is 6. The average molecular weight is 282 g/mol. The van der Waals surface area contributed by atoms with Crippen LogP contribution in [0.2, 0.25) is 0 Å². The Kier molecular flexibility index (Phi) is 6.14. The van der Waals surface area contributed by atoms with Crippen LogP contribution in [0.25, 0.3) is 0 Å². The Balaban J connectivity index is 1.70. The summed E-state index contributed by atoms with van der Waals surface area (Å²) >= 11 is 0. The molecule has 2 rings (SSSR count). The van der Waals surface area contributed by atoms with Crippen LogP contribution in [-0.4, -0.2) is 42.9 Å². The number of hydrogen-bond donors (Lipinski definition) is 0. The highest BCUT2D eigenvalue weighted by Gasteiger charge is 2.24. The number of rotatable bonds is 9. The molecule has 1 aliphatic rings. The van der Waals surface area contributed by atoms with Gasteiger partial charge in [-0.1, -0.05) is 18.0 Å². The first-order valence-corrected chi connectivity index (χ1v) is 7.20. The van der Waals surface area contributed by atoms with Crippen molar-refractivity contribution in [2.24, 2.45) is 5.92 Å². The topological polar surface area (TPSA) is 74.5 Å². The van der Waals surface area contributed by atoms with E-state index in [0.717, 1.165) is 25.7 Å². The fourth-order valence-electron chi connectivity index (χ4n) is 2.41. The molecule has 112 valence electrons. The molecule has 1 aromatic heterocycles. The molecule has 6 nitrogen and oxygen atoms in total. The first-order chi connectivity index (χ1) is 9.79. The Morgan fingerprint density at radius 2 is 2.10 bits per heavy atom. The molecule has 0 aromatic carbocycles. The van der Waals surface area contributed by atoms with Crippen molar-refractivity contribution in [3.05, 3.63) is 11.7 Å². The van der Waals surface area contributed by atoms with Crippen molar-refractivity contribution in [2.75, 3.05) is 26.9 Å². The number of Topliss-reactive ketones (excluding diaryl/α,β-unsaturated/α-hetero) is 1. The lowest BCUT2D eigenvalue weighted by Gasteiger charge is -2.04. The van der Waals surface area contributed by atoms with Gasteiger partial charge in [0.1, 0.15) is 5.78 Å². The van der Waals surface area contributed by atoms with Crippen molar-refractivity contribution in [3.8, 4) is 0 Å². The van der Waals surface area contributed by atoms with E-state index in [2.05, 4.69) is 10.1 Å². The van der Waals surface area contributed by atoms with Gasteiger partial charge in [-0.3, -0.25) is 4.79 Å². The molecule has 1 fully saturated rings. The van der Waals surface area contributed by atoms with Gasteiger partial charge in [-0.2, -0.15) is 4.98 Å². The van der Waals surface area contributed by atoms with E-state index in [0.29, 0.717) is 38.0 Å². The van der Waals surface area contributed by atoms with E-state index in [9.17, 15) is 4.79 Å². The highest BCUT2D eigenvalue weighted by molar-refractivity contribution is 5.82. The molecule has 1 aliphatic carbocycles. The van der Waals surface area contributed by atoms with E-state index in [1.54, 1.807) is 7.11 Å². The number of ketones is 1. The molecule has 20 heavy (non-hydrogen) atoms. The summed E-state index contributed by atoms with van der Waals surface area (Å²) in [4.78, 5) is 16.2. The summed E-state index contributed by atoms with van der Waals surface area (Å²) in [5.41, 5.74) is 0. The van der Waals surface area contributed by atoms with Crippen LogP contribution in [0.5, 0.6) is 0 Å². The molecule has 0 unspecified atom stereocenters. The standard InChI is InChI=1S/C14H22N2O4/c1-18-8-9-19-7-6-13-15-14(20-16-13)10-12(17)11-4-2-3-5-11/h11H,2-10H2,1H3. The molecule has 0 saturated heterocycles. The summed E-state index contributed by atoms with van der Waals surface area (Å²) < 4.78 is 15.3. The number of nitrogens with zero attached hydrogens (tertiary/aromatic N) is 2. The zero-order valence-electron chi connectivity index (χ0n) is 12.0. The normalized spacial score (nSPS) is 15.8. The molecule has 0 amide bonds. The predicted octanol–water partition coefficient (Wildman–Crippen LogP) is 1.58. The third-order valence-corrected chi connectivity index (χ3v) is 3.55. The smallest absolute Gasteiger partial charge is 0.234 e. The summed E-state index contributed by atoms with van der Waals surface area (Å²) in [7, 11) is 1.64. The highest BCUT2D eigenvalue weighted by Crippen LogP contribution is 2.26. The largest absolute Gasteiger partial charge is 0.382 e. The molecule has 0 radical (unpaired) electrons. The summed E-state index contributed by atoms with van der Waals surface area (Å²) in [6, 6.07) is 0. The van der Waals surface area contributed by atoms with E-state index in [4.69, 9.17) is 14.0 Å². The van der Waals surface area contributed by atoms with Crippen LogP contribution in [0.3, 0.4) is 0 Å². The zero-order chi connectivity index (χ0) is 14.2. The van der Waals surface area contributed by atoms with Gasteiger partial charge in [-0.15, -0.1) is 0 Å². The summed E-state index contributed by atoms with van der Waals surface area (Å²) in [5, 5.41) is 3.86. The molecule has 0 atom stereocenters. The summed E-state index contributed by atoms with van der Waals surface area (Å²) in [5.74, 6) is 1.45. The lowest BCUT2D eigenvalue weighted by atomic mass is 10.0. The van der Waals surface area contributed by atoms with Gasteiger partial charge < -0.3 is 14.0 Å². The van der Waals surface area contributed by atoms with Gasteiger partial charge in [0.15, 0.2) is 5.82 Å². The van der Waals surface area contributed by atoms with E-state index in [1.807, 2.05) is 0 Å². The molecule has 6 heteroatoms. The molecular formula is C14H22N2O4. The molecule has 1 heterocycles. The van der Waals surface area contributed by atoms with Crippen LogP contribution in [0.1, 0.15) is 37.4 Å². The van der Waals surface area contributed by atoms with E-state index >= 15 is 0 Å². The lowest BCUT2D eigenvalue weighted by molar-refractivity contribution is -0.122. The van der Waals surface area contributed by atoms with Crippen molar-refractivity contribution in [3.63, 3.8) is 0 Å². The maximum Gasteiger partial charge on any atom is 0.234 e. The molecule has 0 N–H and O–H groups in total. The van der Waals surface area contributed by atoms with Crippen LogP contribution in [0.4, 0.5) is 0 Å². The number of ether oxygens (including phenoxy) is 2. The van der Waals surface area contributed by atoms with Crippen LogP contribution in [0, 0.1) is 5.92 Å². The van der Waals surface area contributed by atoms with Gasteiger partial charge in [0.05, 0.1) is 26.2 Å². The van der Waals surface area contributed by atoms with Crippen molar-refractivity contribution < 1.29 is 18.8 Å². The minimum absolute atomic E-state index is 0.197. The Morgan fingerprint density at radius 3 is 2.85 bits per heavy atom. The van der Waals surface area contributed by atoms with Crippen molar-refractivity contribution in [2.45, 2.75) is 38.5 Å². The van der Waals surface area contributed by atoms with Gasteiger partial charge in [0, 0.05) is 19.4 Å².